The fraction of sp³-hybridized carbons (Fsp3) is 0.176. The highest BCUT2D eigenvalue weighted by atomic mass is 16.6. The molecule has 2 amide bonds. The summed E-state index contributed by atoms with van der Waals surface area (Å²) in [4.78, 5) is 33.5. The van der Waals surface area contributed by atoms with E-state index in [1.54, 1.807) is 6.07 Å². The van der Waals surface area contributed by atoms with E-state index in [2.05, 4.69) is 10.9 Å². The van der Waals surface area contributed by atoms with E-state index < -0.39 is 16.7 Å². The third kappa shape index (κ3) is 5.61. The van der Waals surface area contributed by atoms with Gasteiger partial charge in [0.25, 0.3) is 11.6 Å². The average Bonchev–Trinajstić information content (AvgIpc) is 2.60. The number of nitrogens with one attached hydrogen (secondary N) is 2. The maximum absolute atomic E-state index is 11.8. The highest BCUT2D eigenvalue weighted by Gasteiger charge is 2.10. The Bertz CT molecular complexity index is 774. The summed E-state index contributed by atoms with van der Waals surface area (Å²) in [7, 11) is 0. The second-order valence-corrected chi connectivity index (χ2v) is 5.22. The molecule has 8 nitrogen and oxygen atoms in total. The quantitative estimate of drug-likeness (QED) is 0.616. The zero-order chi connectivity index (χ0) is 18.2. The predicted molar refractivity (Wildman–Crippen MR) is 90.0 cm³/mol. The molecule has 0 aliphatic heterocycles. The van der Waals surface area contributed by atoms with Gasteiger partial charge in [-0.1, -0.05) is 12.1 Å². The zero-order valence-electron chi connectivity index (χ0n) is 13.5. The molecule has 0 spiro atoms. The summed E-state index contributed by atoms with van der Waals surface area (Å²) in [5.74, 6) is -0.312. The topological polar surface area (TPSA) is 111 Å². The van der Waals surface area contributed by atoms with E-state index in [-0.39, 0.29) is 24.3 Å². The molecule has 2 rings (SSSR count). The van der Waals surface area contributed by atoms with Crippen LogP contribution in [0.15, 0.2) is 48.5 Å². The number of carbonyl (C=O) groups excluding carboxylic acids is 2. The van der Waals surface area contributed by atoms with Crippen molar-refractivity contribution in [3.63, 3.8) is 0 Å². The normalized spacial score (nSPS) is 9.96. The first-order valence-corrected chi connectivity index (χ1v) is 7.49. The van der Waals surface area contributed by atoms with Crippen LogP contribution in [0.2, 0.25) is 0 Å². The van der Waals surface area contributed by atoms with Crippen LogP contribution in [0.25, 0.3) is 0 Å². The van der Waals surface area contributed by atoms with Gasteiger partial charge in [-0.2, -0.15) is 0 Å². The van der Waals surface area contributed by atoms with Crippen molar-refractivity contribution in [2.75, 3.05) is 6.61 Å². The molecule has 8 heteroatoms. The third-order valence-corrected chi connectivity index (χ3v) is 3.24. The number of nitro benzene ring substituents is 1. The number of aryl methyl sites for hydroxylation is 1. The lowest BCUT2D eigenvalue weighted by molar-refractivity contribution is -0.384. The van der Waals surface area contributed by atoms with Crippen LogP contribution in [0.4, 0.5) is 5.69 Å². The molecule has 0 radical (unpaired) electrons. The molecular formula is C17H17N3O5. The minimum Gasteiger partial charge on any atom is -0.493 e. The van der Waals surface area contributed by atoms with Crippen LogP contribution in [0, 0.1) is 17.0 Å². The number of amides is 2. The Morgan fingerprint density at radius 2 is 1.84 bits per heavy atom. The van der Waals surface area contributed by atoms with Crippen molar-refractivity contribution in [1.82, 2.24) is 10.9 Å². The number of nitro groups is 1. The van der Waals surface area contributed by atoms with Crippen LogP contribution in [0.1, 0.15) is 22.3 Å². The monoisotopic (exact) mass is 343 g/mol. The molecule has 0 unspecified atom stereocenters. The Morgan fingerprint density at radius 3 is 2.48 bits per heavy atom. The number of hydrogen-bond donors (Lipinski definition) is 2. The molecule has 2 N–H and O–H groups in total. The van der Waals surface area contributed by atoms with Gasteiger partial charge in [-0.25, -0.2) is 0 Å². The largest absolute Gasteiger partial charge is 0.493 e. The SMILES string of the molecule is Cc1cccc(OCCC(=O)NNC(=O)c2ccc([N+](=O)[O-])cc2)c1. The number of carbonyl (C=O) groups is 2. The molecule has 0 aliphatic rings. The molecule has 2 aromatic carbocycles. The molecule has 25 heavy (non-hydrogen) atoms. The van der Waals surface area contributed by atoms with E-state index in [4.69, 9.17) is 4.74 Å². The molecule has 2 aromatic rings. The molecule has 0 fully saturated rings. The highest BCUT2D eigenvalue weighted by molar-refractivity contribution is 5.95. The zero-order valence-corrected chi connectivity index (χ0v) is 13.5. The molecule has 130 valence electrons. The van der Waals surface area contributed by atoms with Crippen LogP contribution >= 0.6 is 0 Å². The van der Waals surface area contributed by atoms with Crippen molar-refractivity contribution >= 4 is 17.5 Å². The number of non-ortho nitro benzene ring substituents is 1. The minimum absolute atomic E-state index is 0.0640. The molecule has 0 aliphatic carbocycles. The molecular weight excluding hydrogens is 326 g/mol. The van der Waals surface area contributed by atoms with Gasteiger partial charge < -0.3 is 4.74 Å². The van der Waals surface area contributed by atoms with Gasteiger partial charge in [0.15, 0.2) is 0 Å². The van der Waals surface area contributed by atoms with Gasteiger partial charge in [0.2, 0.25) is 5.91 Å². The summed E-state index contributed by atoms with van der Waals surface area (Å²) in [5.41, 5.74) is 5.64. The van der Waals surface area contributed by atoms with Crippen molar-refractivity contribution in [2.45, 2.75) is 13.3 Å². The summed E-state index contributed by atoms with van der Waals surface area (Å²) in [6.07, 6.45) is 0.0640. The standard InChI is InChI=1S/C17H17N3O5/c1-12-3-2-4-15(11-12)25-10-9-16(21)18-19-17(22)13-5-7-14(8-6-13)20(23)24/h2-8,11H,9-10H2,1H3,(H,18,21)(H,19,22). The summed E-state index contributed by atoms with van der Waals surface area (Å²) >= 11 is 0. The number of hydrazine groups is 1. The second kappa shape index (κ2) is 8.44. The predicted octanol–water partition coefficient (Wildman–Crippen LogP) is 2.13. The average molecular weight is 343 g/mol. The first-order chi connectivity index (χ1) is 12.0. The van der Waals surface area contributed by atoms with Crippen LogP contribution in [-0.2, 0) is 4.79 Å². The van der Waals surface area contributed by atoms with Crippen molar-refractivity contribution in [2.24, 2.45) is 0 Å². The van der Waals surface area contributed by atoms with Crippen LogP contribution in [0.5, 0.6) is 5.75 Å². The second-order valence-electron chi connectivity index (χ2n) is 5.22. The molecule has 0 aromatic heterocycles. The van der Waals surface area contributed by atoms with Gasteiger partial charge in [0.1, 0.15) is 5.75 Å². The molecule has 0 atom stereocenters. The molecule has 0 bridgehead atoms. The van der Waals surface area contributed by atoms with Gasteiger partial charge in [-0.3, -0.25) is 30.6 Å². The maximum atomic E-state index is 11.8. The number of rotatable bonds is 6. The Morgan fingerprint density at radius 1 is 1.12 bits per heavy atom. The summed E-state index contributed by atoms with van der Waals surface area (Å²) in [6, 6.07) is 12.5. The maximum Gasteiger partial charge on any atom is 0.269 e. The lowest BCUT2D eigenvalue weighted by atomic mass is 10.2. The summed E-state index contributed by atoms with van der Waals surface area (Å²) < 4.78 is 5.45. The summed E-state index contributed by atoms with van der Waals surface area (Å²) in [5, 5.41) is 10.6. The first-order valence-electron chi connectivity index (χ1n) is 7.49. The molecule has 0 saturated carbocycles. The molecule has 0 heterocycles. The Kier molecular flexibility index (Phi) is 6.05. The van der Waals surface area contributed by atoms with E-state index in [1.807, 2.05) is 25.1 Å². The van der Waals surface area contributed by atoms with Gasteiger partial charge >= 0.3 is 0 Å². The number of nitrogens with zero attached hydrogens (tertiary/aromatic N) is 1. The van der Waals surface area contributed by atoms with Crippen molar-refractivity contribution < 1.29 is 19.2 Å². The first kappa shape index (κ1) is 17.9. The van der Waals surface area contributed by atoms with Crippen molar-refractivity contribution in [3.05, 3.63) is 69.8 Å². The van der Waals surface area contributed by atoms with Crippen molar-refractivity contribution in [1.29, 1.82) is 0 Å². The molecule has 0 saturated heterocycles. The third-order valence-electron chi connectivity index (χ3n) is 3.24. The lowest BCUT2D eigenvalue weighted by Gasteiger charge is -2.09. The number of ether oxygens (including phenoxy) is 1. The van der Waals surface area contributed by atoms with Gasteiger partial charge in [-0.15, -0.1) is 0 Å². The number of hydrogen-bond acceptors (Lipinski definition) is 5. The fourth-order valence-electron chi connectivity index (χ4n) is 1.96. The van der Waals surface area contributed by atoms with Crippen LogP contribution in [0.3, 0.4) is 0 Å². The minimum atomic E-state index is -0.567. The lowest BCUT2D eigenvalue weighted by Crippen LogP contribution is -2.42. The highest BCUT2D eigenvalue weighted by Crippen LogP contribution is 2.13. The number of benzene rings is 2. The van der Waals surface area contributed by atoms with E-state index in [0.717, 1.165) is 5.56 Å². The van der Waals surface area contributed by atoms with E-state index >= 15 is 0 Å². The van der Waals surface area contributed by atoms with Gasteiger partial charge in [0.05, 0.1) is 18.0 Å². The summed E-state index contributed by atoms with van der Waals surface area (Å²) in [6.45, 7) is 2.11. The van der Waals surface area contributed by atoms with E-state index in [0.29, 0.717) is 5.75 Å². The fourth-order valence-corrected chi connectivity index (χ4v) is 1.96. The van der Waals surface area contributed by atoms with Gasteiger partial charge in [-0.05, 0) is 36.8 Å². The smallest absolute Gasteiger partial charge is 0.269 e. The van der Waals surface area contributed by atoms with E-state index in [1.165, 1.54) is 24.3 Å². The Balaban J connectivity index is 1.73. The Labute approximate surface area is 143 Å². The van der Waals surface area contributed by atoms with Crippen LogP contribution in [-0.4, -0.2) is 23.3 Å². The Hall–Kier alpha value is -3.42. The van der Waals surface area contributed by atoms with E-state index in [9.17, 15) is 19.7 Å². The van der Waals surface area contributed by atoms with Crippen LogP contribution < -0.4 is 15.6 Å². The van der Waals surface area contributed by atoms with Gasteiger partial charge in [0, 0.05) is 17.7 Å². The van der Waals surface area contributed by atoms with Crippen molar-refractivity contribution in [3.8, 4) is 5.75 Å².